The van der Waals surface area contributed by atoms with E-state index in [0.29, 0.717) is 24.5 Å². The first-order chi connectivity index (χ1) is 9.31. The Morgan fingerprint density at radius 1 is 1.26 bits per heavy atom. The van der Waals surface area contributed by atoms with Gasteiger partial charge in [0.2, 0.25) is 0 Å². The van der Waals surface area contributed by atoms with Crippen LogP contribution in [-0.2, 0) is 6.42 Å². The highest BCUT2D eigenvalue weighted by Crippen LogP contribution is 2.27. The highest BCUT2D eigenvalue weighted by atomic mass is 16.5. The maximum atomic E-state index is 12.1. The molecule has 3 nitrogen and oxygen atoms in total. The minimum atomic E-state index is 0.123. The highest BCUT2D eigenvalue weighted by Gasteiger charge is 2.23. The van der Waals surface area contributed by atoms with Crippen molar-refractivity contribution in [2.45, 2.75) is 31.8 Å². The van der Waals surface area contributed by atoms with E-state index in [9.17, 15) is 4.79 Å². The number of carbonyl (C=O) groups excluding carboxylic acids is 1. The van der Waals surface area contributed by atoms with Gasteiger partial charge in [-0.25, -0.2) is 0 Å². The number of ketones is 1. The monoisotopic (exact) mass is 256 g/mol. The smallest absolute Gasteiger partial charge is 0.163 e. The Morgan fingerprint density at radius 2 is 2.16 bits per heavy atom. The van der Waals surface area contributed by atoms with Crippen molar-refractivity contribution in [3.05, 3.63) is 54.0 Å². The Balaban J connectivity index is 1.61. The second-order valence-corrected chi connectivity index (χ2v) is 4.85. The average molecular weight is 256 g/mol. The van der Waals surface area contributed by atoms with Crippen LogP contribution in [0.2, 0.25) is 0 Å². The molecule has 3 rings (SSSR count). The molecule has 1 aromatic carbocycles. The predicted octanol–water partition coefficient (Wildman–Crippen LogP) is 3.64. The minimum Gasteiger partial charge on any atom is -0.490 e. The predicted molar refractivity (Wildman–Crippen MR) is 71.5 cm³/mol. The van der Waals surface area contributed by atoms with Crippen LogP contribution in [0.3, 0.4) is 0 Å². The number of hydrogen-bond donors (Lipinski definition) is 0. The van der Waals surface area contributed by atoms with Gasteiger partial charge in [-0.1, -0.05) is 12.1 Å². The van der Waals surface area contributed by atoms with Gasteiger partial charge in [-0.15, -0.1) is 0 Å². The standard InChI is InChI=1S/C16H16O3/c17-16(9-8-13-5-2-10-18-13)12-3-1-4-15(11-12)19-14-6-7-14/h1-5,10-11,14H,6-9H2. The Bertz CT molecular complexity index is 553. The van der Waals surface area contributed by atoms with E-state index in [1.807, 2.05) is 36.4 Å². The lowest BCUT2D eigenvalue weighted by atomic mass is 10.1. The molecule has 19 heavy (non-hydrogen) atoms. The second kappa shape index (κ2) is 5.31. The van der Waals surface area contributed by atoms with Gasteiger partial charge in [0.15, 0.2) is 5.78 Å². The molecule has 0 amide bonds. The number of Topliss-reactive ketones (excluding diaryl/α,β-unsaturated/α-hetero) is 1. The van der Waals surface area contributed by atoms with Crippen LogP contribution in [0.5, 0.6) is 5.75 Å². The third kappa shape index (κ3) is 3.25. The first kappa shape index (κ1) is 12.0. The molecule has 3 heteroatoms. The summed E-state index contributed by atoms with van der Waals surface area (Å²) in [6.45, 7) is 0. The molecule has 0 atom stereocenters. The number of aryl methyl sites for hydroxylation is 1. The normalized spacial score (nSPS) is 14.3. The summed E-state index contributed by atoms with van der Waals surface area (Å²) in [6, 6.07) is 11.2. The third-order valence-corrected chi connectivity index (χ3v) is 3.16. The van der Waals surface area contributed by atoms with Crippen molar-refractivity contribution < 1.29 is 13.9 Å². The summed E-state index contributed by atoms with van der Waals surface area (Å²) < 4.78 is 10.9. The van der Waals surface area contributed by atoms with E-state index in [0.717, 1.165) is 24.4 Å². The van der Waals surface area contributed by atoms with E-state index < -0.39 is 0 Å². The zero-order valence-corrected chi connectivity index (χ0v) is 10.7. The molecule has 2 aromatic rings. The van der Waals surface area contributed by atoms with Gasteiger partial charge < -0.3 is 9.15 Å². The maximum Gasteiger partial charge on any atom is 0.163 e. The average Bonchev–Trinajstić information content (AvgIpc) is 3.08. The Kier molecular flexibility index (Phi) is 3.36. The Labute approximate surface area is 112 Å². The summed E-state index contributed by atoms with van der Waals surface area (Å²) in [6.07, 6.45) is 5.32. The van der Waals surface area contributed by atoms with E-state index in [4.69, 9.17) is 9.15 Å². The van der Waals surface area contributed by atoms with Gasteiger partial charge in [0.1, 0.15) is 11.5 Å². The molecule has 1 aliphatic carbocycles. The van der Waals surface area contributed by atoms with E-state index >= 15 is 0 Å². The van der Waals surface area contributed by atoms with Gasteiger partial charge in [0, 0.05) is 18.4 Å². The topological polar surface area (TPSA) is 39.4 Å². The summed E-state index contributed by atoms with van der Waals surface area (Å²) >= 11 is 0. The van der Waals surface area contributed by atoms with Crippen LogP contribution in [0.1, 0.15) is 35.4 Å². The van der Waals surface area contributed by atoms with Crippen LogP contribution in [0.25, 0.3) is 0 Å². The van der Waals surface area contributed by atoms with Crippen LogP contribution in [0.4, 0.5) is 0 Å². The molecule has 1 aromatic heterocycles. The summed E-state index contributed by atoms with van der Waals surface area (Å²) in [5.74, 6) is 1.77. The number of benzene rings is 1. The molecule has 0 saturated heterocycles. The van der Waals surface area contributed by atoms with Gasteiger partial charge in [0.05, 0.1) is 12.4 Å². The third-order valence-electron chi connectivity index (χ3n) is 3.16. The molecule has 1 fully saturated rings. The lowest BCUT2D eigenvalue weighted by Gasteiger charge is -2.06. The van der Waals surface area contributed by atoms with Crippen molar-refractivity contribution in [2.75, 3.05) is 0 Å². The molecular weight excluding hydrogens is 240 g/mol. The van der Waals surface area contributed by atoms with Gasteiger partial charge >= 0.3 is 0 Å². The Morgan fingerprint density at radius 3 is 2.89 bits per heavy atom. The van der Waals surface area contributed by atoms with Crippen molar-refractivity contribution in [2.24, 2.45) is 0 Å². The fourth-order valence-electron chi connectivity index (χ4n) is 1.96. The fourth-order valence-corrected chi connectivity index (χ4v) is 1.96. The number of ether oxygens (including phenoxy) is 1. The first-order valence-corrected chi connectivity index (χ1v) is 6.63. The lowest BCUT2D eigenvalue weighted by Crippen LogP contribution is -2.02. The quantitative estimate of drug-likeness (QED) is 0.741. The molecule has 1 aliphatic rings. The van der Waals surface area contributed by atoms with Gasteiger partial charge in [0.25, 0.3) is 0 Å². The molecule has 0 spiro atoms. The Hall–Kier alpha value is -2.03. The molecule has 0 radical (unpaired) electrons. The number of rotatable bonds is 6. The number of carbonyl (C=O) groups is 1. The van der Waals surface area contributed by atoms with Crippen molar-refractivity contribution >= 4 is 5.78 Å². The molecule has 0 bridgehead atoms. The summed E-state index contributed by atoms with van der Waals surface area (Å²) in [5.41, 5.74) is 0.713. The summed E-state index contributed by atoms with van der Waals surface area (Å²) in [7, 11) is 0. The molecule has 1 saturated carbocycles. The van der Waals surface area contributed by atoms with Crippen molar-refractivity contribution in [3.8, 4) is 5.75 Å². The van der Waals surface area contributed by atoms with E-state index in [-0.39, 0.29) is 5.78 Å². The zero-order valence-electron chi connectivity index (χ0n) is 10.7. The summed E-state index contributed by atoms with van der Waals surface area (Å²) in [5, 5.41) is 0. The van der Waals surface area contributed by atoms with Crippen LogP contribution in [-0.4, -0.2) is 11.9 Å². The fraction of sp³-hybridized carbons (Fsp3) is 0.312. The first-order valence-electron chi connectivity index (χ1n) is 6.63. The molecule has 98 valence electrons. The van der Waals surface area contributed by atoms with Crippen molar-refractivity contribution in [1.29, 1.82) is 0 Å². The van der Waals surface area contributed by atoms with Gasteiger partial charge in [-0.3, -0.25) is 4.79 Å². The molecule has 0 aliphatic heterocycles. The highest BCUT2D eigenvalue weighted by molar-refractivity contribution is 5.96. The molecule has 1 heterocycles. The SMILES string of the molecule is O=C(CCc1ccco1)c1cccc(OC2CC2)c1. The van der Waals surface area contributed by atoms with Crippen LogP contribution in [0.15, 0.2) is 47.1 Å². The largest absolute Gasteiger partial charge is 0.490 e. The lowest BCUT2D eigenvalue weighted by molar-refractivity contribution is 0.0980. The van der Waals surface area contributed by atoms with Crippen LogP contribution < -0.4 is 4.74 Å². The molecule has 0 unspecified atom stereocenters. The van der Waals surface area contributed by atoms with Crippen LogP contribution in [0, 0.1) is 0 Å². The van der Waals surface area contributed by atoms with E-state index in [2.05, 4.69) is 0 Å². The maximum absolute atomic E-state index is 12.1. The number of furan rings is 1. The molecular formula is C16H16O3. The second-order valence-electron chi connectivity index (χ2n) is 4.85. The van der Waals surface area contributed by atoms with Gasteiger partial charge in [-0.2, -0.15) is 0 Å². The molecule has 0 N–H and O–H groups in total. The van der Waals surface area contributed by atoms with Crippen molar-refractivity contribution in [3.63, 3.8) is 0 Å². The van der Waals surface area contributed by atoms with Crippen molar-refractivity contribution in [1.82, 2.24) is 0 Å². The zero-order chi connectivity index (χ0) is 13.1. The van der Waals surface area contributed by atoms with E-state index in [1.54, 1.807) is 6.26 Å². The van der Waals surface area contributed by atoms with Gasteiger partial charge in [-0.05, 0) is 37.1 Å². The number of hydrogen-bond acceptors (Lipinski definition) is 3. The minimum absolute atomic E-state index is 0.123. The summed E-state index contributed by atoms with van der Waals surface area (Å²) in [4.78, 5) is 12.1. The van der Waals surface area contributed by atoms with Crippen LogP contribution >= 0.6 is 0 Å². The van der Waals surface area contributed by atoms with E-state index in [1.165, 1.54) is 0 Å².